The van der Waals surface area contributed by atoms with E-state index in [2.05, 4.69) is 28.9 Å². The Morgan fingerprint density at radius 2 is 2.20 bits per heavy atom. The Labute approximate surface area is 149 Å². The van der Waals surface area contributed by atoms with E-state index < -0.39 is 0 Å². The van der Waals surface area contributed by atoms with Crippen LogP contribution >= 0.6 is 0 Å². The molecular weight excluding hydrogens is 317 g/mol. The maximum atomic E-state index is 14.2. The Morgan fingerprint density at radius 1 is 1.36 bits per heavy atom. The summed E-state index contributed by atoms with van der Waals surface area (Å²) in [6, 6.07) is 5.13. The van der Waals surface area contributed by atoms with Crippen molar-refractivity contribution in [1.29, 1.82) is 0 Å². The first-order valence-electron chi connectivity index (χ1n) is 9.13. The van der Waals surface area contributed by atoms with Crippen molar-refractivity contribution in [3.05, 3.63) is 47.0 Å². The molecule has 0 aliphatic carbocycles. The second-order valence-corrected chi connectivity index (χ2v) is 7.44. The first-order chi connectivity index (χ1) is 12.1. The smallest absolute Gasteiger partial charge is 0.131 e. The van der Waals surface area contributed by atoms with Gasteiger partial charge in [0.05, 0.1) is 13.3 Å². The van der Waals surface area contributed by atoms with Gasteiger partial charge in [0.15, 0.2) is 0 Å². The fourth-order valence-electron chi connectivity index (χ4n) is 3.74. The van der Waals surface area contributed by atoms with E-state index in [-0.39, 0.29) is 5.82 Å². The fraction of sp³-hybridized carbons (Fsp3) is 0.550. The third kappa shape index (κ3) is 4.40. The number of H-pyrrole nitrogens is 1. The Balaban J connectivity index is 1.68. The lowest BCUT2D eigenvalue weighted by Crippen LogP contribution is -2.34. The van der Waals surface area contributed by atoms with Crippen LogP contribution in [0.1, 0.15) is 49.4 Å². The van der Waals surface area contributed by atoms with Crippen LogP contribution in [-0.4, -0.2) is 35.3 Å². The minimum Gasteiger partial charge on any atom is -0.497 e. The molecule has 4 nitrogen and oxygen atoms in total. The Bertz CT molecular complexity index is 698. The molecule has 25 heavy (non-hydrogen) atoms. The topological polar surface area (TPSA) is 41.1 Å². The summed E-state index contributed by atoms with van der Waals surface area (Å²) in [5, 5.41) is 7.50. The summed E-state index contributed by atoms with van der Waals surface area (Å²) in [7, 11) is 1.56. The van der Waals surface area contributed by atoms with Gasteiger partial charge in [-0.05, 0) is 43.4 Å². The molecule has 1 N–H and O–H groups in total. The number of piperidine rings is 1. The van der Waals surface area contributed by atoms with Crippen molar-refractivity contribution in [2.75, 3.05) is 20.2 Å². The number of rotatable bonds is 6. The molecule has 1 aliphatic rings. The van der Waals surface area contributed by atoms with Crippen molar-refractivity contribution in [2.45, 2.75) is 45.6 Å². The van der Waals surface area contributed by atoms with Gasteiger partial charge in [-0.15, -0.1) is 0 Å². The van der Waals surface area contributed by atoms with E-state index in [0.29, 0.717) is 24.1 Å². The van der Waals surface area contributed by atoms with Crippen LogP contribution in [0.15, 0.2) is 24.4 Å². The number of methoxy groups -OCH3 is 1. The van der Waals surface area contributed by atoms with Crippen molar-refractivity contribution in [3.63, 3.8) is 0 Å². The average molecular weight is 345 g/mol. The summed E-state index contributed by atoms with van der Waals surface area (Å²) in [5.74, 6) is 1.44. The molecule has 0 bridgehead atoms. The van der Waals surface area contributed by atoms with Crippen molar-refractivity contribution in [1.82, 2.24) is 15.1 Å². The first kappa shape index (κ1) is 17.9. The number of aromatic amines is 1. The number of nitrogens with one attached hydrogen (secondary N) is 1. The summed E-state index contributed by atoms with van der Waals surface area (Å²) in [6.45, 7) is 7.06. The monoisotopic (exact) mass is 345 g/mol. The van der Waals surface area contributed by atoms with Crippen LogP contribution in [0.4, 0.5) is 4.39 Å². The molecule has 0 amide bonds. The van der Waals surface area contributed by atoms with E-state index in [9.17, 15) is 4.39 Å². The molecular formula is C20H28FN3O. The zero-order valence-electron chi connectivity index (χ0n) is 15.4. The number of likely N-dealkylation sites (tertiary alicyclic amines) is 1. The molecule has 0 spiro atoms. The Kier molecular flexibility index (Phi) is 5.74. The number of nitrogens with zero attached hydrogens (tertiary/aromatic N) is 2. The highest BCUT2D eigenvalue weighted by molar-refractivity contribution is 5.29. The van der Waals surface area contributed by atoms with Gasteiger partial charge in [0.25, 0.3) is 0 Å². The van der Waals surface area contributed by atoms with Crippen LogP contribution in [0, 0.1) is 11.7 Å². The van der Waals surface area contributed by atoms with Crippen LogP contribution in [0.3, 0.4) is 0 Å². The predicted octanol–water partition coefficient (Wildman–Crippen LogP) is 4.14. The van der Waals surface area contributed by atoms with Crippen molar-refractivity contribution in [2.24, 2.45) is 5.92 Å². The lowest BCUT2D eigenvalue weighted by Gasteiger charge is -2.33. The van der Waals surface area contributed by atoms with Gasteiger partial charge in [-0.25, -0.2) is 4.39 Å². The molecule has 1 aliphatic heterocycles. The number of hydrogen-bond acceptors (Lipinski definition) is 3. The lowest BCUT2D eigenvalue weighted by atomic mass is 9.90. The molecule has 1 aromatic heterocycles. The van der Waals surface area contributed by atoms with Gasteiger partial charge in [0.1, 0.15) is 11.6 Å². The third-order valence-electron chi connectivity index (χ3n) is 4.95. The highest BCUT2D eigenvalue weighted by Crippen LogP contribution is 2.30. The summed E-state index contributed by atoms with van der Waals surface area (Å²) < 4.78 is 19.3. The van der Waals surface area contributed by atoms with Gasteiger partial charge >= 0.3 is 0 Å². The molecule has 0 saturated carbocycles. The van der Waals surface area contributed by atoms with E-state index in [4.69, 9.17) is 4.74 Å². The van der Waals surface area contributed by atoms with Crippen LogP contribution in [0.25, 0.3) is 0 Å². The standard InChI is InChI=1S/C20H28FN3O/c1-14(2)9-17-11-22-23-20(17)16-5-4-8-24(13-16)12-15-6-7-18(25-3)10-19(15)21/h6-7,10-11,14,16H,4-5,8-9,12-13H2,1-3H3,(H,22,23). The molecule has 3 rings (SSSR count). The fourth-order valence-corrected chi connectivity index (χ4v) is 3.74. The normalized spacial score (nSPS) is 18.7. The highest BCUT2D eigenvalue weighted by atomic mass is 19.1. The second-order valence-electron chi connectivity index (χ2n) is 7.44. The quantitative estimate of drug-likeness (QED) is 0.856. The summed E-state index contributed by atoms with van der Waals surface area (Å²) >= 11 is 0. The average Bonchev–Trinajstić information content (AvgIpc) is 3.04. The molecule has 0 radical (unpaired) electrons. The molecule has 2 heterocycles. The summed E-state index contributed by atoms with van der Waals surface area (Å²) in [5.41, 5.74) is 3.33. The maximum Gasteiger partial charge on any atom is 0.131 e. The third-order valence-corrected chi connectivity index (χ3v) is 4.95. The van der Waals surface area contributed by atoms with E-state index in [1.165, 1.54) is 17.3 Å². The maximum absolute atomic E-state index is 14.2. The molecule has 1 unspecified atom stereocenters. The van der Waals surface area contributed by atoms with E-state index in [1.807, 2.05) is 18.3 Å². The Morgan fingerprint density at radius 3 is 2.92 bits per heavy atom. The summed E-state index contributed by atoms with van der Waals surface area (Å²) in [6.07, 6.45) is 5.31. The number of halogens is 1. The largest absolute Gasteiger partial charge is 0.497 e. The van der Waals surface area contributed by atoms with E-state index >= 15 is 0 Å². The number of hydrogen-bond donors (Lipinski definition) is 1. The molecule has 136 valence electrons. The molecule has 1 fully saturated rings. The van der Waals surface area contributed by atoms with Crippen LogP contribution in [0.5, 0.6) is 5.75 Å². The predicted molar refractivity (Wildman–Crippen MR) is 97.3 cm³/mol. The van der Waals surface area contributed by atoms with Gasteiger partial charge in [-0.1, -0.05) is 19.9 Å². The van der Waals surface area contributed by atoms with E-state index in [0.717, 1.165) is 37.9 Å². The van der Waals surface area contributed by atoms with Gasteiger partial charge in [-0.3, -0.25) is 10.00 Å². The van der Waals surface area contributed by atoms with Crippen molar-refractivity contribution < 1.29 is 9.13 Å². The lowest BCUT2D eigenvalue weighted by molar-refractivity contribution is 0.195. The van der Waals surface area contributed by atoms with Gasteiger partial charge in [0.2, 0.25) is 0 Å². The van der Waals surface area contributed by atoms with Crippen LogP contribution in [0.2, 0.25) is 0 Å². The highest BCUT2D eigenvalue weighted by Gasteiger charge is 2.25. The minimum atomic E-state index is -0.191. The zero-order valence-corrected chi connectivity index (χ0v) is 15.4. The minimum absolute atomic E-state index is 0.191. The Hall–Kier alpha value is -1.88. The number of ether oxygens (including phenoxy) is 1. The van der Waals surface area contributed by atoms with Crippen molar-refractivity contribution >= 4 is 0 Å². The molecule has 1 atom stereocenters. The van der Waals surface area contributed by atoms with E-state index in [1.54, 1.807) is 7.11 Å². The second kappa shape index (κ2) is 8.00. The van der Waals surface area contributed by atoms with Gasteiger partial charge in [-0.2, -0.15) is 5.10 Å². The first-order valence-corrected chi connectivity index (χ1v) is 9.13. The summed E-state index contributed by atoms with van der Waals surface area (Å²) in [4.78, 5) is 2.35. The molecule has 1 aromatic carbocycles. The number of benzene rings is 1. The molecule has 2 aromatic rings. The zero-order chi connectivity index (χ0) is 17.8. The van der Waals surface area contributed by atoms with Crippen molar-refractivity contribution in [3.8, 4) is 5.75 Å². The van der Waals surface area contributed by atoms with Crippen LogP contribution in [-0.2, 0) is 13.0 Å². The van der Waals surface area contributed by atoms with Gasteiger partial charge in [0, 0.05) is 36.3 Å². The van der Waals surface area contributed by atoms with Gasteiger partial charge < -0.3 is 4.74 Å². The molecule has 5 heteroatoms. The number of aromatic nitrogens is 2. The molecule has 1 saturated heterocycles. The van der Waals surface area contributed by atoms with Crippen LogP contribution < -0.4 is 4.74 Å². The SMILES string of the molecule is COc1ccc(CN2CCCC(c3[nH]ncc3CC(C)C)C2)c(F)c1.